The van der Waals surface area contributed by atoms with Crippen molar-refractivity contribution in [2.45, 2.75) is 13.8 Å². The van der Waals surface area contributed by atoms with Crippen molar-refractivity contribution in [2.75, 3.05) is 39.9 Å². The monoisotopic (exact) mass is 306 g/mol. The van der Waals surface area contributed by atoms with Gasteiger partial charge in [-0.3, -0.25) is 9.79 Å². The number of aryl methyl sites for hydroxylation is 1. The number of hydrogen-bond donors (Lipinski definition) is 3. The Morgan fingerprint density at radius 1 is 1.23 bits per heavy atom. The molecular formula is C16H26N4O2. The molecule has 1 amide bonds. The molecule has 0 spiro atoms. The lowest BCUT2D eigenvalue weighted by molar-refractivity contribution is 0.0954. The van der Waals surface area contributed by atoms with Crippen LogP contribution in [-0.4, -0.2) is 51.8 Å². The fourth-order valence-electron chi connectivity index (χ4n) is 1.84. The van der Waals surface area contributed by atoms with Gasteiger partial charge in [-0.1, -0.05) is 17.7 Å². The molecule has 0 aliphatic rings. The number of carbonyl (C=O) groups excluding carboxylic acids is 1. The summed E-state index contributed by atoms with van der Waals surface area (Å²) in [6.07, 6.45) is 0. The van der Waals surface area contributed by atoms with Gasteiger partial charge in [-0.25, -0.2) is 0 Å². The number of nitrogens with zero attached hydrogens (tertiary/aromatic N) is 1. The molecule has 0 fully saturated rings. The van der Waals surface area contributed by atoms with E-state index in [-0.39, 0.29) is 5.91 Å². The molecule has 0 saturated heterocycles. The van der Waals surface area contributed by atoms with E-state index in [0.717, 1.165) is 18.1 Å². The molecule has 0 radical (unpaired) electrons. The van der Waals surface area contributed by atoms with Crippen LogP contribution in [0.3, 0.4) is 0 Å². The fraction of sp³-hybridized carbons (Fsp3) is 0.500. The van der Waals surface area contributed by atoms with Gasteiger partial charge in [0.15, 0.2) is 5.96 Å². The molecule has 0 atom stereocenters. The van der Waals surface area contributed by atoms with Crippen LogP contribution in [0.4, 0.5) is 0 Å². The molecule has 1 aromatic carbocycles. The molecule has 1 rings (SSSR count). The summed E-state index contributed by atoms with van der Waals surface area (Å²) >= 11 is 0. The highest BCUT2D eigenvalue weighted by molar-refractivity contribution is 5.94. The lowest BCUT2D eigenvalue weighted by atomic mass is 10.1. The van der Waals surface area contributed by atoms with Crippen molar-refractivity contribution in [1.29, 1.82) is 0 Å². The van der Waals surface area contributed by atoms with Crippen LogP contribution in [0.1, 0.15) is 22.8 Å². The number of benzene rings is 1. The molecule has 3 N–H and O–H groups in total. The van der Waals surface area contributed by atoms with Gasteiger partial charge < -0.3 is 20.7 Å². The number of guanidine groups is 1. The Hall–Kier alpha value is -2.08. The fourth-order valence-corrected chi connectivity index (χ4v) is 1.84. The third-order valence-corrected chi connectivity index (χ3v) is 2.89. The van der Waals surface area contributed by atoms with Gasteiger partial charge in [0.05, 0.1) is 13.2 Å². The summed E-state index contributed by atoms with van der Waals surface area (Å²) in [6.45, 7) is 7.08. The molecule has 122 valence electrons. The number of carbonyl (C=O) groups is 1. The van der Waals surface area contributed by atoms with Gasteiger partial charge >= 0.3 is 0 Å². The SMILES string of the molecule is CCNC(=NCCOC)NCCNC(=O)c1cccc(C)c1. The second-order valence-corrected chi connectivity index (χ2v) is 4.81. The number of ether oxygens (including phenoxy) is 1. The van der Waals surface area contributed by atoms with Gasteiger partial charge in [-0.05, 0) is 26.0 Å². The molecule has 0 aromatic heterocycles. The lowest BCUT2D eigenvalue weighted by Gasteiger charge is -2.12. The van der Waals surface area contributed by atoms with E-state index in [1.807, 2.05) is 38.1 Å². The van der Waals surface area contributed by atoms with Crippen LogP contribution >= 0.6 is 0 Å². The van der Waals surface area contributed by atoms with Gasteiger partial charge in [0.1, 0.15) is 0 Å². The maximum absolute atomic E-state index is 12.0. The number of amides is 1. The quantitative estimate of drug-likeness (QED) is 0.379. The normalized spacial score (nSPS) is 11.1. The van der Waals surface area contributed by atoms with Crippen LogP contribution in [0.5, 0.6) is 0 Å². The largest absolute Gasteiger partial charge is 0.383 e. The summed E-state index contributed by atoms with van der Waals surface area (Å²) in [5, 5.41) is 9.19. The molecule has 22 heavy (non-hydrogen) atoms. The van der Waals surface area contributed by atoms with Gasteiger partial charge in [0.25, 0.3) is 5.91 Å². The van der Waals surface area contributed by atoms with Crippen molar-refractivity contribution < 1.29 is 9.53 Å². The van der Waals surface area contributed by atoms with E-state index in [1.165, 1.54) is 0 Å². The summed E-state index contributed by atoms with van der Waals surface area (Å²) in [6, 6.07) is 7.54. The van der Waals surface area contributed by atoms with E-state index in [0.29, 0.717) is 31.8 Å². The molecule has 0 heterocycles. The van der Waals surface area contributed by atoms with Crippen molar-refractivity contribution in [3.05, 3.63) is 35.4 Å². The van der Waals surface area contributed by atoms with Crippen molar-refractivity contribution in [3.63, 3.8) is 0 Å². The first kappa shape index (κ1) is 18.0. The van der Waals surface area contributed by atoms with Crippen molar-refractivity contribution in [2.24, 2.45) is 4.99 Å². The summed E-state index contributed by atoms with van der Waals surface area (Å²) in [5.41, 5.74) is 1.76. The Morgan fingerprint density at radius 3 is 2.68 bits per heavy atom. The van der Waals surface area contributed by atoms with Crippen molar-refractivity contribution in [1.82, 2.24) is 16.0 Å². The first-order valence-electron chi connectivity index (χ1n) is 7.53. The Balaban J connectivity index is 2.33. The second-order valence-electron chi connectivity index (χ2n) is 4.81. The van der Waals surface area contributed by atoms with Gasteiger partial charge in [0, 0.05) is 32.3 Å². The van der Waals surface area contributed by atoms with E-state index in [9.17, 15) is 4.79 Å². The zero-order chi connectivity index (χ0) is 16.2. The zero-order valence-corrected chi connectivity index (χ0v) is 13.6. The van der Waals surface area contributed by atoms with Gasteiger partial charge in [-0.15, -0.1) is 0 Å². The standard InChI is InChI=1S/C16H26N4O2/c1-4-17-16(20-10-11-22-3)19-9-8-18-15(21)14-7-5-6-13(2)12-14/h5-7,12H,4,8-11H2,1-3H3,(H,18,21)(H2,17,19,20). The average molecular weight is 306 g/mol. The van der Waals surface area contributed by atoms with E-state index < -0.39 is 0 Å². The second kappa shape index (κ2) is 10.6. The number of hydrogen-bond acceptors (Lipinski definition) is 3. The highest BCUT2D eigenvalue weighted by Gasteiger charge is 2.04. The average Bonchev–Trinajstić information content (AvgIpc) is 2.51. The first-order chi connectivity index (χ1) is 10.7. The van der Waals surface area contributed by atoms with Gasteiger partial charge in [-0.2, -0.15) is 0 Å². The number of nitrogens with one attached hydrogen (secondary N) is 3. The van der Waals surface area contributed by atoms with Gasteiger partial charge in [0.2, 0.25) is 0 Å². The van der Waals surface area contributed by atoms with E-state index >= 15 is 0 Å². The molecule has 1 aromatic rings. The molecule has 0 bridgehead atoms. The van der Waals surface area contributed by atoms with Crippen LogP contribution in [0.15, 0.2) is 29.3 Å². The van der Waals surface area contributed by atoms with Crippen molar-refractivity contribution >= 4 is 11.9 Å². The number of aliphatic imine (C=N–C) groups is 1. The first-order valence-corrected chi connectivity index (χ1v) is 7.53. The Labute approximate surface area is 132 Å². The highest BCUT2D eigenvalue weighted by Crippen LogP contribution is 2.03. The van der Waals surface area contributed by atoms with E-state index in [1.54, 1.807) is 7.11 Å². The van der Waals surface area contributed by atoms with Crippen LogP contribution in [0.2, 0.25) is 0 Å². The van der Waals surface area contributed by atoms with E-state index in [2.05, 4.69) is 20.9 Å². The van der Waals surface area contributed by atoms with E-state index in [4.69, 9.17) is 4.74 Å². The Kier molecular flexibility index (Phi) is 8.67. The molecular weight excluding hydrogens is 280 g/mol. The molecule has 0 saturated carbocycles. The summed E-state index contributed by atoms with van der Waals surface area (Å²) in [7, 11) is 1.65. The predicted molar refractivity (Wildman–Crippen MR) is 89.4 cm³/mol. The number of methoxy groups -OCH3 is 1. The Morgan fingerprint density at radius 2 is 2.00 bits per heavy atom. The van der Waals surface area contributed by atoms with Crippen LogP contribution < -0.4 is 16.0 Å². The maximum atomic E-state index is 12.0. The smallest absolute Gasteiger partial charge is 0.251 e. The topological polar surface area (TPSA) is 74.8 Å². The predicted octanol–water partition coefficient (Wildman–Crippen LogP) is 0.926. The van der Waals surface area contributed by atoms with Crippen LogP contribution in [0, 0.1) is 6.92 Å². The number of rotatable bonds is 8. The summed E-state index contributed by atoms with van der Waals surface area (Å²) in [4.78, 5) is 16.3. The Bertz CT molecular complexity index is 489. The molecule has 0 aliphatic heterocycles. The lowest BCUT2D eigenvalue weighted by Crippen LogP contribution is -2.41. The van der Waals surface area contributed by atoms with Crippen LogP contribution in [0.25, 0.3) is 0 Å². The third-order valence-electron chi connectivity index (χ3n) is 2.89. The molecule has 0 unspecified atom stereocenters. The highest BCUT2D eigenvalue weighted by atomic mass is 16.5. The minimum Gasteiger partial charge on any atom is -0.383 e. The minimum absolute atomic E-state index is 0.0631. The van der Waals surface area contributed by atoms with Crippen LogP contribution in [-0.2, 0) is 4.74 Å². The summed E-state index contributed by atoms with van der Waals surface area (Å²) < 4.78 is 4.97. The molecule has 6 nitrogen and oxygen atoms in total. The summed E-state index contributed by atoms with van der Waals surface area (Å²) in [5.74, 6) is 0.663. The third kappa shape index (κ3) is 7.08. The minimum atomic E-state index is -0.0631. The molecule has 6 heteroatoms. The van der Waals surface area contributed by atoms with Crippen molar-refractivity contribution in [3.8, 4) is 0 Å². The molecule has 0 aliphatic carbocycles. The maximum Gasteiger partial charge on any atom is 0.251 e. The zero-order valence-electron chi connectivity index (χ0n) is 13.6.